The van der Waals surface area contributed by atoms with Gasteiger partial charge in [-0.15, -0.1) is 11.3 Å². The summed E-state index contributed by atoms with van der Waals surface area (Å²) in [5, 5.41) is 15.6. The number of hydrogen-bond acceptors (Lipinski definition) is 3. The third kappa shape index (κ3) is 3.05. The Hall–Kier alpha value is -0.910. The number of aliphatic carboxylic acids is 1. The molecule has 2 aromatic rings. The highest BCUT2D eigenvalue weighted by Gasteiger charge is 2.30. The summed E-state index contributed by atoms with van der Waals surface area (Å²) < 4.78 is 2.46. The summed E-state index contributed by atoms with van der Waals surface area (Å²) in [6.07, 6.45) is 2.28. The Morgan fingerprint density at radius 1 is 1.45 bits per heavy atom. The minimum absolute atomic E-state index is 0.313. The van der Waals surface area contributed by atoms with Crippen molar-refractivity contribution in [3.05, 3.63) is 33.6 Å². The Labute approximate surface area is 130 Å². The highest BCUT2D eigenvalue weighted by atomic mass is 79.9. The van der Waals surface area contributed by atoms with Crippen LogP contribution in [0.1, 0.15) is 24.8 Å². The van der Waals surface area contributed by atoms with Gasteiger partial charge in [-0.1, -0.05) is 12.1 Å². The Bertz CT molecular complexity index is 634. The maximum atomic E-state index is 10.6. The van der Waals surface area contributed by atoms with E-state index in [-0.39, 0.29) is 0 Å². The molecule has 20 heavy (non-hydrogen) atoms. The predicted octanol–water partition coefficient (Wildman–Crippen LogP) is 4.01. The molecular weight excluding hydrogens is 338 g/mol. The van der Waals surface area contributed by atoms with E-state index in [1.807, 2.05) is 0 Å². The first-order chi connectivity index (χ1) is 9.61. The number of carbonyl (C=O) groups is 1. The van der Waals surface area contributed by atoms with Crippen molar-refractivity contribution in [3.8, 4) is 0 Å². The first-order valence-electron chi connectivity index (χ1n) is 6.72. The number of thiophene rings is 1. The fraction of sp³-hybridized carbons (Fsp3) is 0.400. The van der Waals surface area contributed by atoms with Crippen LogP contribution in [-0.4, -0.2) is 17.1 Å². The van der Waals surface area contributed by atoms with E-state index in [4.69, 9.17) is 5.11 Å². The van der Waals surface area contributed by atoms with Crippen LogP contribution in [0.3, 0.4) is 0 Å². The van der Waals surface area contributed by atoms with E-state index in [0.29, 0.717) is 18.4 Å². The summed E-state index contributed by atoms with van der Waals surface area (Å²) in [7, 11) is 0. The predicted molar refractivity (Wildman–Crippen MR) is 85.1 cm³/mol. The van der Waals surface area contributed by atoms with Crippen LogP contribution in [0.5, 0.6) is 0 Å². The number of hydrogen-bond donors (Lipinski definition) is 2. The second-order valence-corrected chi connectivity index (χ2v) is 7.19. The zero-order chi connectivity index (χ0) is 14.1. The van der Waals surface area contributed by atoms with Crippen molar-refractivity contribution < 1.29 is 9.90 Å². The third-order valence-corrected chi connectivity index (χ3v) is 5.79. The van der Waals surface area contributed by atoms with Gasteiger partial charge in [-0.2, -0.15) is 0 Å². The number of fused-ring (bicyclic) bond motifs is 1. The van der Waals surface area contributed by atoms with Gasteiger partial charge in [-0.25, -0.2) is 0 Å². The van der Waals surface area contributed by atoms with Crippen LogP contribution in [-0.2, 0) is 11.3 Å². The lowest BCUT2D eigenvalue weighted by molar-refractivity contribution is -0.138. The van der Waals surface area contributed by atoms with Crippen LogP contribution >= 0.6 is 27.3 Å². The quantitative estimate of drug-likeness (QED) is 0.853. The van der Waals surface area contributed by atoms with E-state index in [0.717, 1.165) is 23.9 Å². The molecule has 1 aromatic heterocycles. The lowest BCUT2D eigenvalue weighted by Crippen LogP contribution is -2.41. The number of carboxylic acids is 1. The molecule has 1 aromatic carbocycles. The summed E-state index contributed by atoms with van der Waals surface area (Å²) in [6, 6.07) is 7.01. The van der Waals surface area contributed by atoms with E-state index in [2.05, 4.69) is 44.8 Å². The Balaban J connectivity index is 1.52. The van der Waals surface area contributed by atoms with Gasteiger partial charge >= 0.3 is 5.97 Å². The van der Waals surface area contributed by atoms with Crippen molar-refractivity contribution in [1.29, 1.82) is 0 Å². The van der Waals surface area contributed by atoms with Crippen molar-refractivity contribution >= 4 is 43.3 Å². The van der Waals surface area contributed by atoms with Crippen molar-refractivity contribution in [2.75, 3.05) is 0 Å². The Morgan fingerprint density at radius 3 is 3.00 bits per heavy atom. The summed E-state index contributed by atoms with van der Waals surface area (Å²) in [5.74, 6) is -0.317. The highest BCUT2D eigenvalue weighted by molar-refractivity contribution is 9.10. The summed E-state index contributed by atoms with van der Waals surface area (Å²) in [6.45, 7) is 0.857. The maximum absolute atomic E-state index is 10.6. The van der Waals surface area contributed by atoms with Gasteiger partial charge in [0, 0.05) is 38.9 Å². The van der Waals surface area contributed by atoms with Gasteiger partial charge in [-0.3, -0.25) is 4.79 Å². The summed E-state index contributed by atoms with van der Waals surface area (Å²) in [4.78, 5) is 10.6. The van der Waals surface area contributed by atoms with Gasteiger partial charge in [-0.05, 0) is 46.3 Å². The number of nitrogens with one attached hydrogen (secondary N) is 1. The second-order valence-electron chi connectivity index (χ2n) is 5.43. The molecular formula is C15H16BrNO2S. The monoisotopic (exact) mass is 353 g/mol. The molecule has 106 valence electrons. The summed E-state index contributed by atoms with van der Waals surface area (Å²) in [5.41, 5.74) is 1.29. The van der Waals surface area contributed by atoms with Crippen LogP contribution in [0, 0.1) is 5.92 Å². The number of benzene rings is 1. The van der Waals surface area contributed by atoms with Crippen molar-refractivity contribution in [1.82, 2.24) is 5.32 Å². The van der Waals surface area contributed by atoms with E-state index < -0.39 is 5.97 Å². The molecule has 0 atom stereocenters. The van der Waals surface area contributed by atoms with Crippen LogP contribution in [0.2, 0.25) is 0 Å². The van der Waals surface area contributed by atoms with Crippen LogP contribution < -0.4 is 5.32 Å². The molecule has 3 nitrogen and oxygen atoms in total. The van der Waals surface area contributed by atoms with Crippen molar-refractivity contribution in [2.45, 2.75) is 31.8 Å². The zero-order valence-electron chi connectivity index (χ0n) is 10.9. The molecule has 0 unspecified atom stereocenters. The van der Waals surface area contributed by atoms with Crippen molar-refractivity contribution in [3.63, 3.8) is 0 Å². The lowest BCUT2D eigenvalue weighted by Gasteiger charge is -2.35. The Kier molecular flexibility index (Phi) is 4.10. The fourth-order valence-corrected chi connectivity index (χ4v) is 4.37. The molecule has 1 saturated carbocycles. The topological polar surface area (TPSA) is 49.3 Å². The number of carboxylic acid groups (broad SMARTS) is 1. The van der Waals surface area contributed by atoms with E-state index >= 15 is 0 Å². The number of halogens is 1. The van der Waals surface area contributed by atoms with E-state index in [1.165, 1.54) is 15.6 Å². The average Bonchev–Trinajstić information content (AvgIpc) is 2.73. The second kappa shape index (κ2) is 5.84. The summed E-state index contributed by atoms with van der Waals surface area (Å²) >= 11 is 5.30. The fourth-order valence-electron chi connectivity index (χ4n) is 2.73. The minimum Gasteiger partial charge on any atom is -0.481 e. The van der Waals surface area contributed by atoms with Crippen LogP contribution in [0.4, 0.5) is 0 Å². The van der Waals surface area contributed by atoms with Gasteiger partial charge in [0.05, 0.1) is 0 Å². The largest absolute Gasteiger partial charge is 0.481 e. The average molecular weight is 354 g/mol. The van der Waals surface area contributed by atoms with Crippen LogP contribution in [0.25, 0.3) is 10.1 Å². The lowest BCUT2D eigenvalue weighted by atomic mass is 9.78. The molecule has 1 heterocycles. The molecule has 1 fully saturated rings. The molecule has 1 aliphatic carbocycles. The van der Waals surface area contributed by atoms with Gasteiger partial charge in [0.1, 0.15) is 0 Å². The molecule has 0 amide bonds. The third-order valence-electron chi connectivity index (χ3n) is 3.89. The van der Waals surface area contributed by atoms with Gasteiger partial charge in [0.2, 0.25) is 0 Å². The molecule has 1 aliphatic rings. The first kappa shape index (κ1) is 14.0. The van der Waals surface area contributed by atoms with Crippen molar-refractivity contribution in [2.24, 2.45) is 5.92 Å². The Morgan fingerprint density at radius 2 is 2.25 bits per heavy atom. The molecule has 3 rings (SSSR count). The molecule has 0 radical (unpaired) electrons. The smallest absolute Gasteiger partial charge is 0.303 e. The molecule has 2 N–H and O–H groups in total. The first-order valence-corrected chi connectivity index (χ1v) is 8.40. The molecule has 0 aliphatic heterocycles. The van der Waals surface area contributed by atoms with Gasteiger partial charge in [0.25, 0.3) is 0 Å². The standard InChI is InChI=1S/C15H16BrNO2S/c16-13-8-20-14-5-9(1-2-12(13)14)7-17-11-3-10(4-11)6-15(18)19/h1-2,5,8,10-11,17H,3-4,6-7H2,(H,18,19). The highest BCUT2D eigenvalue weighted by Crippen LogP contribution is 2.32. The SMILES string of the molecule is O=C(O)CC1CC(NCc2ccc3c(Br)csc3c2)C1. The minimum atomic E-state index is -0.679. The molecule has 5 heteroatoms. The molecule has 0 saturated heterocycles. The normalized spacial score (nSPS) is 21.9. The molecule has 0 bridgehead atoms. The van der Waals surface area contributed by atoms with Gasteiger partial charge < -0.3 is 10.4 Å². The zero-order valence-corrected chi connectivity index (χ0v) is 13.3. The number of rotatable bonds is 5. The van der Waals surface area contributed by atoms with E-state index in [9.17, 15) is 4.79 Å². The maximum Gasteiger partial charge on any atom is 0.303 e. The van der Waals surface area contributed by atoms with Crippen LogP contribution in [0.15, 0.2) is 28.1 Å². The van der Waals surface area contributed by atoms with Gasteiger partial charge in [0.15, 0.2) is 0 Å². The molecule has 0 spiro atoms. The van der Waals surface area contributed by atoms with E-state index in [1.54, 1.807) is 11.3 Å².